The average molecular weight is 273 g/mol. The summed E-state index contributed by atoms with van der Waals surface area (Å²) in [5.74, 6) is 0.433. The molecule has 1 spiro atoms. The minimum atomic E-state index is 0.198. The van der Waals surface area contributed by atoms with Crippen molar-refractivity contribution in [2.75, 3.05) is 13.1 Å². The van der Waals surface area contributed by atoms with Crippen molar-refractivity contribution in [2.45, 2.75) is 44.9 Å². The zero-order valence-electron chi connectivity index (χ0n) is 12.0. The monoisotopic (exact) mass is 273 g/mol. The number of likely N-dealkylation sites (tertiary alicyclic amines) is 1. The third-order valence-corrected chi connectivity index (χ3v) is 5.11. The Bertz CT molecular complexity index is 482. The highest BCUT2D eigenvalue weighted by Crippen LogP contribution is 2.46. The molecule has 1 aliphatic carbocycles. The molecule has 0 aromatic heterocycles. The van der Waals surface area contributed by atoms with Crippen LogP contribution in [0.4, 0.5) is 0 Å². The summed E-state index contributed by atoms with van der Waals surface area (Å²) in [7, 11) is 0. The van der Waals surface area contributed by atoms with Crippen LogP contribution in [0.25, 0.3) is 0 Å². The number of nitrogens with zero attached hydrogens (tertiary/aromatic N) is 1. The van der Waals surface area contributed by atoms with Gasteiger partial charge in [0.15, 0.2) is 0 Å². The van der Waals surface area contributed by atoms with Gasteiger partial charge in [-0.05, 0) is 48.8 Å². The second kappa shape index (κ2) is 5.47. The lowest BCUT2D eigenvalue weighted by atomic mass is 9.77. The molecule has 1 saturated heterocycles. The summed E-state index contributed by atoms with van der Waals surface area (Å²) in [6, 6.07) is 7.01. The number of carbonyl (C=O) groups is 1. The Hall–Kier alpha value is -1.51. The Morgan fingerprint density at radius 1 is 1.15 bits per heavy atom. The average Bonchev–Trinajstić information content (AvgIpc) is 2.88. The minimum Gasteiger partial charge on any atom is -0.508 e. The molecule has 3 nitrogen and oxygen atoms in total. The van der Waals surface area contributed by atoms with Gasteiger partial charge in [0, 0.05) is 13.1 Å². The highest BCUT2D eigenvalue weighted by molar-refractivity contribution is 5.79. The van der Waals surface area contributed by atoms with E-state index in [1.807, 2.05) is 11.0 Å². The lowest BCUT2D eigenvalue weighted by Crippen LogP contribution is -2.42. The van der Waals surface area contributed by atoms with Gasteiger partial charge in [0.2, 0.25) is 5.91 Å². The first-order valence-electron chi connectivity index (χ1n) is 7.73. The highest BCUT2D eigenvalue weighted by Gasteiger charge is 2.37. The summed E-state index contributed by atoms with van der Waals surface area (Å²) in [4.78, 5) is 14.3. The van der Waals surface area contributed by atoms with E-state index in [0.717, 1.165) is 18.7 Å². The second-order valence-corrected chi connectivity index (χ2v) is 6.43. The molecule has 0 atom stereocenters. The van der Waals surface area contributed by atoms with E-state index in [2.05, 4.69) is 0 Å². The zero-order chi connectivity index (χ0) is 14.0. The Morgan fingerprint density at radius 2 is 1.85 bits per heavy atom. The van der Waals surface area contributed by atoms with Crippen LogP contribution in [0.15, 0.2) is 24.3 Å². The molecule has 108 valence electrons. The van der Waals surface area contributed by atoms with E-state index in [1.54, 1.807) is 18.2 Å². The maximum absolute atomic E-state index is 12.3. The lowest BCUT2D eigenvalue weighted by Gasteiger charge is -2.39. The van der Waals surface area contributed by atoms with Crippen molar-refractivity contribution in [2.24, 2.45) is 5.41 Å². The third-order valence-electron chi connectivity index (χ3n) is 5.11. The Morgan fingerprint density at radius 3 is 2.50 bits per heavy atom. The van der Waals surface area contributed by atoms with Gasteiger partial charge in [0.05, 0.1) is 6.42 Å². The van der Waals surface area contributed by atoms with Gasteiger partial charge < -0.3 is 10.0 Å². The van der Waals surface area contributed by atoms with Crippen molar-refractivity contribution in [3.63, 3.8) is 0 Å². The molecule has 1 N–H and O–H groups in total. The van der Waals surface area contributed by atoms with Crippen LogP contribution in [-0.4, -0.2) is 29.0 Å². The van der Waals surface area contributed by atoms with Crippen molar-refractivity contribution >= 4 is 5.91 Å². The van der Waals surface area contributed by atoms with Crippen molar-refractivity contribution in [1.29, 1.82) is 0 Å². The van der Waals surface area contributed by atoms with E-state index in [9.17, 15) is 9.90 Å². The van der Waals surface area contributed by atoms with Gasteiger partial charge in [0.1, 0.15) is 5.75 Å². The molecular weight excluding hydrogens is 250 g/mol. The summed E-state index contributed by atoms with van der Waals surface area (Å²) in [5.41, 5.74) is 1.46. The number of phenolic OH excluding ortho intramolecular Hbond substituents is 1. The van der Waals surface area contributed by atoms with Crippen molar-refractivity contribution in [1.82, 2.24) is 4.90 Å². The fourth-order valence-electron chi connectivity index (χ4n) is 3.81. The molecule has 0 radical (unpaired) electrons. The van der Waals surface area contributed by atoms with Crippen LogP contribution < -0.4 is 0 Å². The maximum atomic E-state index is 12.3. The first kappa shape index (κ1) is 13.5. The zero-order valence-corrected chi connectivity index (χ0v) is 12.0. The quantitative estimate of drug-likeness (QED) is 0.899. The maximum Gasteiger partial charge on any atom is 0.226 e. The predicted molar refractivity (Wildman–Crippen MR) is 78.5 cm³/mol. The number of phenols is 1. The number of aromatic hydroxyl groups is 1. The van der Waals surface area contributed by atoms with Crippen LogP contribution in [0.5, 0.6) is 5.75 Å². The molecular formula is C17H23NO2. The van der Waals surface area contributed by atoms with E-state index in [-0.39, 0.29) is 11.7 Å². The fraction of sp³-hybridized carbons (Fsp3) is 0.588. The summed E-state index contributed by atoms with van der Waals surface area (Å²) in [6.07, 6.45) is 8.23. The molecule has 20 heavy (non-hydrogen) atoms. The number of benzene rings is 1. The number of hydrogen-bond acceptors (Lipinski definition) is 2. The second-order valence-electron chi connectivity index (χ2n) is 6.43. The van der Waals surface area contributed by atoms with Crippen molar-refractivity contribution in [3.8, 4) is 5.75 Å². The molecule has 2 aliphatic rings. The van der Waals surface area contributed by atoms with Gasteiger partial charge in [-0.25, -0.2) is 0 Å². The summed E-state index contributed by atoms with van der Waals surface area (Å²) in [5, 5.41) is 9.45. The summed E-state index contributed by atoms with van der Waals surface area (Å²) >= 11 is 0. The van der Waals surface area contributed by atoms with Crippen LogP contribution in [-0.2, 0) is 11.2 Å². The molecule has 0 unspecified atom stereocenters. The predicted octanol–water partition coefficient (Wildman–Crippen LogP) is 3.12. The van der Waals surface area contributed by atoms with Crippen molar-refractivity contribution < 1.29 is 9.90 Å². The largest absolute Gasteiger partial charge is 0.508 e. The van der Waals surface area contributed by atoms with E-state index < -0.39 is 0 Å². The van der Waals surface area contributed by atoms with Gasteiger partial charge in [-0.15, -0.1) is 0 Å². The number of piperidine rings is 1. The molecule has 0 bridgehead atoms. The fourth-order valence-corrected chi connectivity index (χ4v) is 3.81. The third kappa shape index (κ3) is 2.82. The smallest absolute Gasteiger partial charge is 0.226 e. The summed E-state index contributed by atoms with van der Waals surface area (Å²) in [6.45, 7) is 1.83. The van der Waals surface area contributed by atoms with Gasteiger partial charge in [-0.3, -0.25) is 4.79 Å². The van der Waals surface area contributed by atoms with E-state index in [0.29, 0.717) is 11.8 Å². The molecule has 3 rings (SSSR count). The number of hydrogen-bond donors (Lipinski definition) is 1. The van der Waals surface area contributed by atoms with Crippen LogP contribution in [0.3, 0.4) is 0 Å². The normalized spacial score (nSPS) is 21.3. The molecule has 1 amide bonds. The van der Waals surface area contributed by atoms with Gasteiger partial charge in [-0.2, -0.15) is 0 Å². The van der Waals surface area contributed by atoms with Crippen LogP contribution in [0.1, 0.15) is 44.1 Å². The van der Waals surface area contributed by atoms with Crippen molar-refractivity contribution in [3.05, 3.63) is 29.8 Å². The first-order chi connectivity index (χ1) is 9.67. The van der Waals surface area contributed by atoms with E-state index >= 15 is 0 Å². The highest BCUT2D eigenvalue weighted by atomic mass is 16.3. The Kier molecular flexibility index (Phi) is 3.68. The topological polar surface area (TPSA) is 40.5 Å². The van der Waals surface area contributed by atoms with Crippen LogP contribution in [0.2, 0.25) is 0 Å². The van der Waals surface area contributed by atoms with Gasteiger partial charge in [0.25, 0.3) is 0 Å². The van der Waals surface area contributed by atoms with Crippen LogP contribution in [0, 0.1) is 5.41 Å². The van der Waals surface area contributed by atoms with Gasteiger partial charge in [-0.1, -0.05) is 25.0 Å². The molecule has 3 heteroatoms. The number of rotatable bonds is 2. The number of amides is 1. The van der Waals surface area contributed by atoms with Gasteiger partial charge >= 0.3 is 0 Å². The number of carbonyl (C=O) groups excluding carboxylic acids is 1. The Labute approximate surface area is 120 Å². The summed E-state index contributed by atoms with van der Waals surface area (Å²) < 4.78 is 0. The van der Waals surface area contributed by atoms with E-state index in [4.69, 9.17) is 0 Å². The van der Waals surface area contributed by atoms with E-state index in [1.165, 1.54) is 38.5 Å². The lowest BCUT2D eigenvalue weighted by molar-refractivity contribution is -0.132. The SMILES string of the molecule is O=C(Cc1cccc(O)c1)N1CCC2(CCCC2)CC1. The molecule has 1 heterocycles. The molecule has 1 aromatic rings. The molecule has 1 aromatic carbocycles. The minimum absolute atomic E-state index is 0.198. The molecule has 2 fully saturated rings. The van der Waals surface area contributed by atoms with Crippen LogP contribution >= 0.6 is 0 Å². The molecule has 1 aliphatic heterocycles. The Balaban J connectivity index is 1.56. The molecule has 1 saturated carbocycles. The standard InChI is InChI=1S/C17H23NO2/c19-15-5-3-4-14(12-15)13-16(20)18-10-8-17(9-11-18)6-1-2-7-17/h3-5,12,19H,1-2,6-11,13H2. The first-order valence-corrected chi connectivity index (χ1v) is 7.73.